The Morgan fingerprint density at radius 2 is 2.17 bits per heavy atom. The number of sulfonamides is 1. The topological polar surface area (TPSA) is 79.2 Å². The van der Waals surface area contributed by atoms with Crippen LogP contribution in [0.15, 0.2) is 23.1 Å². The zero-order chi connectivity index (χ0) is 13.8. The van der Waals surface area contributed by atoms with Crippen molar-refractivity contribution in [3.8, 4) is 6.07 Å². The van der Waals surface area contributed by atoms with Crippen LogP contribution in [-0.4, -0.2) is 28.2 Å². The van der Waals surface area contributed by atoms with Gasteiger partial charge in [-0.15, -0.1) is 0 Å². The first-order chi connectivity index (χ1) is 8.40. The van der Waals surface area contributed by atoms with Gasteiger partial charge in [0.25, 0.3) is 0 Å². The van der Waals surface area contributed by atoms with Crippen molar-refractivity contribution in [2.24, 2.45) is 0 Å². The second-order valence-electron chi connectivity index (χ2n) is 4.07. The number of rotatable bonds is 5. The normalized spacial score (nSPS) is 13.0. The summed E-state index contributed by atoms with van der Waals surface area (Å²) in [6.07, 6.45) is 0. The van der Waals surface area contributed by atoms with E-state index in [9.17, 15) is 8.42 Å². The van der Waals surface area contributed by atoms with Gasteiger partial charge in [-0.25, -0.2) is 13.1 Å². The highest BCUT2D eigenvalue weighted by atomic mass is 32.2. The van der Waals surface area contributed by atoms with Gasteiger partial charge in [0, 0.05) is 13.2 Å². The predicted octanol–water partition coefficient (Wildman–Crippen LogP) is 1.18. The molecule has 1 aromatic carbocycles. The second-order valence-corrected chi connectivity index (χ2v) is 5.75. The molecule has 1 rings (SSSR count). The van der Waals surface area contributed by atoms with Crippen molar-refractivity contribution in [1.82, 2.24) is 4.72 Å². The summed E-state index contributed by atoms with van der Waals surface area (Å²) >= 11 is 0. The van der Waals surface area contributed by atoms with Crippen LogP contribution < -0.4 is 4.72 Å². The Kier molecular flexibility index (Phi) is 4.84. The summed E-state index contributed by atoms with van der Waals surface area (Å²) in [5.74, 6) is 0. The SMILES string of the molecule is COCC(C)NS(=O)(=O)c1cc(C#N)ccc1C. The maximum absolute atomic E-state index is 12.1. The number of nitriles is 1. The summed E-state index contributed by atoms with van der Waals surface area (Å²) < 4.78 is 31.6. The molecule has 0 spiro atoms. The molecule has 0 bridgehead atoms. The van der Waals surface area contributed by atoms with Crippen LogP contribution in [-0.2, 0) is 14.8 Å². The quantitative estimate of drug-likeness (QED) is 0.869. The lowest BCUT2D eigenvalue weighted by Gasteiger charge is -2.14. The smallest absolute Gasteiger partial charge is 0.241 e. The third-order valence-corrected chi connectivity index (χ3v) is 4.11. The molecule has 6 heteroatoms. The molecule has 0 aliphatic carbocycles. The lowest BCUT2D eigenvalue weighted by atomic mass is 10.2. The molecule has 0 fully saturated rings. The van der Waals surface area contributed by atoms with Gasteiger partial charge in [-0.1, -0.05) is 6.07 Å². The van der Waals surface area contributed by atoms with Crippen LogP contribution in [0.1, 0.15) is 18.1 Å². The Balaban J connectivity index is 3.09. The van der Waals surface area contributed by atoms with Gasteiger partial charge in [-0.3, -0.25) is 0 Å². The Hall–Kier alpha value is -1.42. The average Bonchev–Trinajstić information content (AvgIpc) is 2.29. The minimum absolute atomic E-state index is 0.129. The Morgan fingerprint density at radius 3 is 2.72 bits per heavy atom. The first-order valence-electron chi connectivity index (χ1n) is 5.42. The third kappa shape index (κ3) is 3.53. The summed E-state index contributed by atoms with van der Waals surface area (Å²) in [4.78, 5) is 0.129. The number of methoxy groups -OCH3 is 1. The molecule has 1 aromatic rings. The number of nitrogens with one attached hydrogen (secondary N) is 1. The molecule has 0 aromatic heterocycles. The molecule has 98 valence electrons. The first-order valence-corrected chi connectivity index (χ1v) is 6.91. The van der Waals surface area contributed by atoms with E-state index in [2.05, 4.69) is 4.72 Å². The zero-order valence-corrected chi connectivity index (χ0v) is 11.4. The van der Waals surface area contributed by atoms with Gasteiger partial charge in [0.05, 0.1) is 23.1 Å². The summed E-state index contributed by atoms with van der Waals surface area (Å²) in [6, 6.07) is 6.18. The van der Waals surface area contributed by atoms with E-state index in [0.717, 1.165) is 0 Å². The second kappa shape index (κ2) is 5.96. The molecular formula is C12H16N2O3S. The molecule has 0 radical (unpaired) electrons. The molecule has 0 amide bonds. The highest BCUT2D eigenvalue weighted by Crippen LogP contribution is 2.17. The molecule has 0 heterocycles. The number of aryl methyl sites for hydroxylation is 1. The summed E-state index contributed by atoms with van der Waals surface area (Å²) in [6.45, 7) is 3.69. The lowest BCUT2D eigenvalue weighted by molar-refractivity contribution is 0.180. The standard InChI is InChI=1S/C12H16N2O3S/c1-9-4-5-11(7-13)6-12(9)18(15,16)14-10(2)8-17-3/h4-6,10,14H,8H2,1-3H3. The van der Waals surface area contributed by atoms with Crippen LogP contribution in [0.2, 0.25) is 0 Å². The van der Waals surface area contributed by atoms with Crippen LogP contribution >= 0.6 is 0 Å². The van der Waals surface area contributed by atoms with Crippen LogP contribution in [0.4, 0.5) is 0 Å². The molecule has 1 unspecified atom stereocenters. The minimum atomic E-state index is -3.63. The van der Waals surface area contributed by atoms with Gasteiger partial charge in [0.1, 0.15) is 0 Å². The Labute approximate surface area is 107 Å². The molecule has 0 aliphatic rings. The number of hydrogen-bond donors (Lipinski definition) is 1. The van der Waals surface area contributed by atoms with Crippen molar-refractivity contribution in [1.29, 1.82) is 5.26 Å². The fourth-order valence-corrected chi connectivity index (χ4v) is 3.07. The van der Waals surface area contributed by atoms with Crippen molar-refractivity contribution in [3.05, 3.63) is 29.3 Å². The summed E-state index contributed by atoms with van der Waals surface area (Å²) in [5.41, 5.74) is 0.923. The van der Waals surface area contributed by atoms with E-state index in [1.165, 1.54) is 13.2 Å². The number of ether oxygens (including phenoxy) is 1. The first kappa shape index (κ1) is 14.6. The summed E-state index contributed by atoms with van der Waals surface area (Å²) in [5, 5.41) is 8.80. The van der Waals surface area contributed by atoms with E-state index in [-0.39, 0.29) is 17.5 Å². The molecular weight excluding hydrogens is 252 g/mol. The third-order valence-electron chi connectivity index (χ3n) is 2.38. The van der Waals surface area contributed by atoms with Crippen LogP contribution in [0.25, 0.3) is 0 Å². The molecule has 1 N–H and O–H groups in total. The summed E-state index contributed by atoms with van der Waals surface area (Å²) in [7, 11) is -2.12. The van der Waals surface area contributed by atoms with Crippen molar-refractivity contribution in [3.63, 3.8) is 0 Å². The molecule has 18 heavy (non-hydrogen) atoms. The van der Waals surface area contributed by atoms with Gasteiger partial charge in [-0.2, -0.15) is 5.26 Å². The maximum atomic E-state index is 12.1. The van der Waals surface area contributed by atoms with Gasteiger partial charge in [-0.05, 0) is 31.5 Å². The Bertz CT molecular complexity index is 561. The van der Waals surface area contributed by atoms with Crippen molar-refractivity contribution in [2.75, 3.05) is 13.7 Å². The van der Waals surface area contributed by atoms with Crippen molar-refractivity contribution in [2.45, 2.75) is 24.8 Å². The lowest BCUT2D eigenvalue weighted by Crippen LogP contribution is -2.35. The van der Waals surface area contributed by atoms with E-state index >= 15 is 0 Å². The molecule has 0 saturated carbocycles. The van der Waals surface area contributed by atoms with Crippen molar-refractivity contribution < 1.29 is 13.2 Å². The predicted molar refractivity (Wildman–Crippen MR) is 67.6 cm³/mol. The fourth-order valence-electron chi connectivity index (χ4n) is 1.57. The van der Waals surface area contributed by atoms with Gasteiger partial charge < -0.3 is 4.74 Å². The fraction of sp³-hybridized carbons (Fsp3) is 0.417. The van der Waals surface area contributed by atoms with Crippen LogP contribution in [0.5, 0.6) is 0 Å². The number of nitrogens with zero attached hydrogens (tertiary/aromatic N) is 1. The van der Waals surface area contributed by atoms with Gasteiger partial charge in [0.15, 0.2) is 0 Å². The van der Waals surface area contributed by atoms with E-state index in [1.807, 2.05) is 6.07 Å². The van der Waals surface area contributed by atoms with Gasteiger partial charge in [0.2, 0.25) is 10.0 Å². The monoisotopic (exact) mass is 268 g/mol. The molecule has 1 atom stereocenters. The van der Waals surface area contributed by atoms with E-state index in [1.54, 1.807) is 26.0 Å². The van der Waals surface area contributed by atoms with E-state index < -0.39 is 10.0 Å². The van der Waals surface area contributed by atoms with Crippen LogP contribution in [0, 0.1) is 18.3 Å². The minimum Gasteiger partial charge on any atom is -0.383 e. The number of benzene rings is 1. The molecule has 5 nitrogen and oxygen atoms in total. The van der Waals surface area contributed by atoms with Crippen LogP contribution in [0.3, 0.4) is 0 Å². The number of hydrogen-bond acceptors (Lipinski definition) is 4. The zero-order valence-electron chi connectivity index (χ0n) is 10.6. The Morgan fingerprint density at radius 1 is 1.50 bits per heavy atom. The van der Waals surface area contributed by atoms with Crippen molar-refractivity contribution >= 4 is 10.0 Å². The van der Waals surface area contributed by atoms with E-state index in [4.69, 9.17) is 10.00 Å². The highest BCUT2D eigenvalue weighted by Gasteiger charge is 2.19. The maximum Gasteiger partial charge on any atom is 0.241 e. The molecule has 0 saturated heterocycles. The molecule has 0 aliphatic heterocycles. The van der Waals surface area contributed by atoms with Gasteiger partial charge >= 0.3 is 0 Å². The van der Waals surface area contributed by atoms with E-state index in [0.29, 0.717) is 11.1 Å². The largest absolute Gasteiger partial charge is 0.383 e. The average molecular weight is 268 g/mol. The highest BCUT2D eigenvalue weighted by molar-refractivity contribution is 7.89.